The second-order valence-electron chi connectivity index (χ2n) is 10.0. The first-order chi connectivity index (χ1) is 20.4. The largest absolute Gasteiger partial charge is 0.486 e. The molecule has 3 aromatic rings. The highest BCUT2D eigenvalue weighted by molar-refractivity contribution is 7.92. The van der Waals surface area contributed by atoms with Crippen LogP contribution in [0.2, 0.25) is 10.0 Å². The Morgan fingerprint density at radius 3 is 2.23 bits per heavy atom. The minimum Gasteiger partial charge on any atom is -0.486 e. The first kappa shape index (κ1) is 32.4. The molecule has 230 valence electrons. The van der Waals surface area contributed by atoms with E-state index in [2.05, 4.69) is 5.32 Å². The number of carbonyl (C=O) groups is 2. The molecule has 1 heterocycles. The lowest BCUT2D eigenvalue weighted by molar-refractivity contribution is -0.139. The molecule has 13 heteroatoms. The molecule has 0 unspecified atom stereocenters. The van der Waals surface area contributed by atoms with E-state index >= 15 is 0 Å². The molecule has 4 rings (SSSR count). The summed E-state index contributed by atoms with van der Waals surface area (Å²) in [5, 5.41) is 3.41. The van der Waals surface area contributed by atoms with Crippen LogP contribution in [0, 0.1) is 5.82 Å². The van der Waals surface area contributed by atoms with Gasteiger partial charge in [-0.1, -0.05) is 36.2 Å². The van der Waals surface area contributed by atoms with Crippen LogP contribution in [0.1, 0.15) is 32.8 Å². The summed E-state index contributed by atoms with van der Waals surface area (Å²) >= 11 is 12.8. The van der Waals surface area contributed by atoms with E-state index in [4.69, 9.17) is 32.7 Å². The average Bonchev–Trinajstić information content (AvgIpc) is 2.99. The smallest absolute Gasteiger partial charge is 0.264 e. The Kier molecular flexibility index (Phi) is 10.4. The standard InChI is InChI=1S/C30H32Cl2FN3O6S/c1-4-19(2)34-30(38)20(3)35(17-24-25(31)6-5-7-26(24)32)29(37)18-36(22-10-8-21(33)9-11-22)43(39,40)23-12-13-27-28(16-23)42-15-14-41-27/h5-13,16,19-20H,4,14-15,17-18H2,1-3H3,(H,34,38)/t19-,20-/m0/s1. The van der Waals surface area contributed by atoms with Crippen LogP contribution in [0.5, 0.6) is 11.5 Å². The second-order valence-corrected chi connectivity index (χ2v) is 12.7. The van der Waals surface area contributed by atoms with Gasteiger partial charge in [-0.05, 0) is 68.8 Å². The number of halogens is 3. The SMILES string of the molecule is CC[C@H](C)NC(=O)[C@H](C)N(Cc1c(Cl)cccc1Cl)C(=O)CN(c1ccc(F)cc1)S(=O)(=O)c1ccc2c(c1)OCCO2. The molecule has 0 aliphatic carbocycles. The van der Waals surface area contributed by atoms with Crippen LogP contribution in [0.25, 0.3) is 0 Å². The fourth-order valence-electron chi connectivity index (χ4n) is 4.35. The molecular weight excluding hydrogens is 620 g/mol. The molecule has 43 heavy (non-hydrogen) atoms. The molecule has 2 atom stereocenters. The summed E-state index contributed by atoms with van der Waals surface area (Å²) in [5.74, 6) is -1.11. The molecule has 9 nitrogen and oxygen atoms in total. The number of hydrogen-bond donors (Lipinski definition) is 1. The van der Waals surface area contributed by atoms with Crippen molar-refractivity contribution in [3.63, 3.8) is 0 Å². The first-order valence-corrected chi connectivity index (χ1v) is 15.8. The molecule has 1 N–H and O–H groups in total. The summed E-state index contributed by atoms with van der Waals surface area (Å²) in [6.07, 6.45) is 0.662. The third-order valence-electron chi connectivity index (χ3n) is 7.05. The first-order valence-electron chi connectivity index (χ1n) is 13.6. The average molecular weight is 653 g/mol. The van der Waals surface area contributed by atoms with E-state index in [9.17, 15) is 22.4 Å². The van der Waals surface area contributed by atoms with Gasteiger partial charge in [0, 0.05) is 34.3 Å². The number of anilines is 1. The fraction of sp³-hybridized carbons (Fsp3) is 0.333. The van der Waals surface area contributed by atoms with Crippen molar-refractivity contribution in [2.24, 2.45) is 0 Å². The molecule has 0 fully saturated rings. The fourth-order valence-corrected chi connectivity index (χ4v) is 6.30. The van der Waals surface area contributed by atoms with Crippen LogP contribution < -0.4 is 19.1 Å². The Bertz CT molecular complexity index is 1570. The summed E-state index contributed by atoms with van der Waals surface area (Å²) in [5.41, 5.74) is 0.433. The molecule has 0 radical (unpaired) electrons. The molecule has 1 aliphatic heterocycles. The second kappa shape index (κ2) is 13.8. The van der Waals surface area contributed by atoms with Crippen molar-refractivity contribution in [2.45, 2.75) is 50.7 Å². The number of benzene rings is 3. The van der Waals surface area contributed by atoms with Crippen molar-refractivity contribution < 1.29 is 31.9 Å². The maximum Gasteiger partial charge on any atom is 0.264 e. The van der Waals surface area contributed by atoms with E-state index in [0.717, 1.165) is 16.4 Å². The molecule has 0 spiro atoms. The van der Waals surface area contributed by atoms with Crippen LogP contribution in [0.3, 0.4) is 0 Å². The number of carbonyl (C=O) groups excluding carboxylic acids is 2. The number of hydrogen-bond acceptors (Lipinski definition) is 6. The van der Waals surface area contributed by atoms with Gasteiger partial charge in [0.25, 0.3) is 10.0 Å². The van der Waals surface area contributed by atoms with Crippen LogP contribution in [-0.2, 0) is 26.2 Å². The number of nitrogens with zero attached hydrogens (tertiary/aromatic N) is 2. The minimum absolute atomic E-state index is 0.0390. The van der Waals surface area contributed by atoms with Crippen molar-refractivity contribution in [3.05, 3.63) is 82.1 Å². The lowest BCUT2D eigenvalue weighted by Gasteiger charge is -2.33. The topological polar surface area (TPSA) is 105 Å². The van der Waals surface area contributed by atoms with Crippen LogP contribution in [-0.4, -0.2) is 57.0 Å². The number of rotatable bonds is 11. The van der Waals surface area contributed by atoms with E-state index in [1.807, 2.05) is 13.8 Å². The van der Waals surface area contributed by atoms with Gasteiger partial charge >= 0.3 is 0 Å². The normalized spacial score (nSPS) is 14.0. The van der Waals surface area contributed by atoms with Crippen LogP contribution >= 0.6 is 23.2 Å². The van der Waals surface area contributed by atoms with Crippen molar-refractivity contribution in [2.75, 3.05) is 24.1 Å². The van der Waals surface area contributed by atoms with Gasteiger partial charge in [0.2, 0.25) is 11.8 Å². The molecule has 1 aliphatic rings. The zero-order chi connectivity index (χ0) is 31.3. The third kappa shape index (κ3) is 7.52. The Morgan fingerprint density at radius 1 is 0.977 bits per heavy atom. The third-order valence-corrected chi connectivity index (χ3v) is 9.53. The zero-order valence-electron chi connectivity index (χ0n) is 23.8. The highest BCUT2D eigenvalue weighted by atomic mass is 35.5. The van der Waals surface area contributed by atoms with Crippen molar-refractivity contribution in [3.8, 4) is 11.5 Å². The number of nitrogens with one attached hydrogen (secondary N) is 1. The number of sulfonamides is 1. The Labute approximate surface area is 260 Å². The quantitative estimate of drug-likeness (QED) is 0.296. The lowest BCUT2D eigenvalue weighted by atomic mass is 10.1. The predicted octanol–water partition coefficient (Wildman–Crippen LogP) is 5.43. The van der Waals surface area contributed by atoms with Crippen molar-refractivity contribution in [1.82, 2.24) is 10.2 Å². The summed E-state index contributed by atoms with van der Waals surface area (Å²) in [6, 6.07) is 12.5. The van der Waals surface area contributed by atoms with E-state index < -0.39 is 40.2 Å². The highest BCUT2D eigenvalue weighted by Crippen LogP contribution is 2.34. The van der Waals surface area contributed by atoms with E-state index in [-0.39, 0.29) is 45.6 Å². The van der Waals surface area contributed by atoms with Gasteiger partial charge in [-0.25, -0.2) is 12.8 Å². The van der Waals surface area contributed by atoms with E-state index in [1.54, 1.807) is 18.2 Å². The molecule has 3 aromatic carbocycles. The summed E-state index contributed by atoms with van der Waals surface area (Å²) in [7, 11) is -4.41. The monoisotopic (exact) mass is 651 g/mol. The van der Waals surface area contributed by atoms with Gasteiger partial charge in [-0.3, -0.25) is 13.9 Å². The molecular formula is C30H32Cl2FN3O6S. The molecule has 0 saturated carbocycles. The lowest BCUT2D eigenvalue weighted by Crippen LogP contribution is -2.52. The summed E-state index contributed by atoms with van der Waals surface area (Å²) in [4.78, 5) is 28.3. The predicted molar refractivity (Wildman–Crippen MR) is 163 cm³/mol. The van der Waals surface area contributed by atoms with E-state index in [0.29, 0.717) is 24.3 Å². The maximum absolute atomic E-state index is 14.1. The molecule has 2 amide bonds. The van der Waals surface area contributed by atoms with Gasteiger partial charge in [-0.2, -0.15) is 0 Å². The number of ether oxygens (including phenoxy) is 2. The highest BCUT2D eigenvalue weighted by Gasteiger charge is 2.34. The number of fused-ring (bicyclic) bond motifs is 1. The minimum atomic E-state index is -4.41. The molecule has 0 bridgehead atoms. The summed E-state index contributed by atoms with van der Waals surface area (Å²) in [6.45, 7) is 4.95. The van der Waals surface area contributed by atoms with E-state index in [1.165, 1.54) is 42.2 Å². The Morgan fingerprint density at radius 2 is 1.60 bits per heavy atom. The van der Waals surface area contributed by atoms with Gasteiger partial charge in [-0.15, -0.1) is 0 Å². The molecule has 0 aromatic heterocycles. The number of amides is 2. The Hall–Kier alpha value is -3.54. The van der Waals surface area contributed by atoms with Gasteiger partial charge in [0.05, 0.1) is 10.6 Å². The van der Waals surface area contributed by atoms with Gasteiger partial charge < -0.3 is 19.7 Å². The van der Waals surface area contributed by atoms with Gasteiger partial charge in [0.1, 0.15) is 31.6 Å². The molecule has 0 saturated heterocycles. The zero-order valence-corrected chi connectivity index (χ0v) is 26.2. The van der Waals surface area contributed by atoms with Crippen LogP contribution in [0.4, 0.5) is 10.1 Å². The van der Waals surface area contributed by atoms with Crippen LogP contribution in [0.15, 0.2) is 65.6 Å². The summed E-state index contributed by atoms with van der Waals surface area (Å²) < 4.78 is 53.9. The van der Waals surface area contributed by atoms with Crippen molar-refractivity contribution in [1.29, 1.82) is 0 Å². The van der Waals surface area contributed by atoms with Gasteiger partial charge in [0.15, 0.2) is 11.5 Å². The maximum atomic E-state index is 14.1. The Balaban J connectivity index is 1.74. The van der Waals surface area contributed by atoms with Crippen molar-refractivity contribution >= 4 is 50.7 Å².